The molecular formula is C11H26N2O2. The predicted octanol–water partition coefficient (Wildman–Crippen LogP) is 1.55. The number of hydrogen-bond donors (Lipinski definition) is 2. The van der Waals surface area contributed by atoms with E-state index in [2.05, 4.69) is 6.92 Å². The Hall–Kier alpha value is -0.610. The number of unbranched alkanes of at least 4 members (excludes halogenated alkanes) is 2. The lowest BCUT2D eigenvalue weighted by atomic mass is 10.2. The number of carboxylic acids is 1. The number of carbonyl (C=O) groups is 1. The third-order valence-electron chi connectivity index (χ3n) is 1.55. The monoisotopic (exact) mass is 218 g/mol. The van der Waals surface area contributed by atoms with Gasteiger partial charge < -0.3 is 10.8 Å². The molecule has 0 saturated heterocycles. The summed E-state index contributed by atoms with van der Waals surface area (Å²) in [6.07, 6.45) is 3.46. The van der Waals surface area contributed by atoms with E-state index in [1.54, 1.807) is 0 Å². The normalized spacial score (nSPS) is 10.1. The van der Waals surface area contributed by atoms with Gasteiger partial charge in [-0.25, -0.2) is 0 Å². The zero-order valence-electron chi connectivity index (χ0n) is 10.5. The number of rotatable bonds is 6. The fourth-order valence-corrected chi connectivity index (χ4v) is 0.942. The van der Waals surface area contributed by atoms with E-state index in [9.17, 15) is 4.79 Å². The van der Waals surface area contributed by atoms with Gasteiger partial charge in [-0.15, -0.1) is 0 Å². The summed E-state index contributed by atoms with van der Waals surface area (Å²) in [6.45, 7) is 7.07. The van der Waals surface area contributed by atoms with Crippen LogP contribution in [0.5, 0.6) is 0 Å². The molecule has 0 aromatic heterocycles. The fraction of sp³-hybridized carbons (Fsp3) is 0.909. The van der Waals surface area contributed by atoms with E-state index >= 15 is 0 Å². The SMILES string of the molecule is CC(C)N.CCCCCN(C)CC(=O)O. The Balaban J connectivity index is 0. The summed E-state index contributed by atoms with van der Waals surface area (Å²) in [5, 5.41) is 8.40. The highest BCUT2D eigenvalue weighted by atomic mass is 16.4. The maximum absolute atomic E-state index is 10.2. The third-order valence-corrected chi connectivity index (χ3v) is 1.55. The second-order valence-electron chi connectivity index (χ2n) is 4.08. The van der Waals surface area contributed by atoms with E-state index in [1.807, 2.05) is 25.8 Å². The summed E-state index contributed by atoms with van der Waals surface area (Å²) in [5.74, 6) is -0.746. The van der Waals surface area contributed by atoms with Crippen LogP contribution in [0.15, 0.2) is 0 Å². The Bertz CT molecular complexity index is 147. The number of carboxylic acid groups (broad SMARTS) is 1. The first-order chi connectivity index (χ1) is 6.90. The van der Waals surface area contributed by atoms with Crippen molar-refractivity contribution in [1.29, 1.82) is 0 Å². The zero-order chi connectivity index (χ0) is 12.3. The first kappa shape index (κ1) is 16.8. The van der Waals surface area contributed by atoms with E-state index in [4.69, 9.17) is 10.8 Å². The van der Waals surface area contributed by atoms with E-state index in [1.165, 1.54) is 12.8 Å². The van der Waals surface area contributed by atoms with E-state index in [0.29, 0.717) is 6.04 Å². The van der Waals surface area contributed by atoms with Crippen LogP contribution in [-0.2, 0) is 4.79 Å². The van der Waals surface area contributed by atoms with Crippen LogP contribution in [0.4, 0.5) is 0 Å². The summed E-state index contributed by atoms with van der Waals surface area (Å²) in [6, 6.07) is 0.333. The van der Waals surface area contributed by atoms with E-state index < -0.39 is 5.97 Å². The molecule has 0 aromatic rings. The summed E-state index contributed by atoms with van der Waals surface area (Å²) in [7, 11) is 1.84. The molecule has 92 valence electrons. The highest BCUT2D eigenvalue weighted by Crippen LogP contribution is 1.95. The quantitative estimate of drug-likeness (QED) is 0.664. The van der Waals surface area contributed by atoms with Gasteiger partial charge in [0.15, 0.2) is 0 Å². The van der Waals surface area contributed by atoms with Crippen molar-refractivity contribution in [3.8, 4) is 0 Å². The Morgan fingerprint density at radius 3 is 2.20 bits per heavy atom. The van der Waals surface area contributed by atoms with Gasteiger partial charge in [0.25, 0.3) is 0 Å². The van der Waals surface area contributed by atoms with Crippen molar-refractivity contribution in [3.63, 3.8) is 0 Å². The fourth-order valence-electron chi connectivity index (χ4n) is 0.942. The van der Waals surface area contributed by atoms with Crippen molar-refractivity contribution in [2.24, 2.45) is 5.73 Å². The van der Waals surface area contributed by atoms with Crippen molar-refractivity contribution < 1.29 is 9.90 Å². The first-order valence-corrected chi connectivity index (χ1v) is 5.56. The molecule has 0 bridgehead atoms. The Labute approximate surface area is 93.4 Å². The maximum Gasteiger partial charge on any atom is 0.317 e. The first-order valence-electron chi connectivity index (χ1n) is 5.56. The molecule has 0 spiro atoms. The van der Waals surface area contributed by atoms with Crippen LogP contribution in [0, 0.1) is 0 Å². The van der Waals surface area contributed by atoms with Gasteiger partial charge in [0.05, 0.1) is 6.54 Å². The van der Waals surface area contributed by atoms with Gasteiger partial charge in [0.2, 0.25) is 0 Å². The van der Waals surface area contributed by atoms with Crippen molar-refractivity contribution in [3.05, 3.63) is 0 Å². The molecule has 0 fully saturated rings. The number of aliphatic carboxylic acids is 1. The second-order valence-corrected chi connectivity index (χ2v) is 4.08. The van der Waals surface area contributed by atoms with Gasteiger partial charge in [0, 0.05) is 0 Å². The van der Waals surface area contributed by atoms with Crippen molar-refractivity contribution in [2.75, 3.05) is 20.1 Å². The number of likely N-dealkylation sites (N-methyl/N-ethyl adjacent to an activating group) is 1. The Morgan fingerprint density at radius 2 is 1.87 bits per heavy atom. The van der Waals surface area contributed by atoms with Crippen molar-refractivity contribution in [1.82, 2.24) is 4.90 Å². The molecule has 0 rings (SSSR count). The molecule has 0 heterocycles. The maximum atomic E-state index is 10.2. The summed E-state index contributed by atoms with van der Waals surface area (Å²) in [4.78, 5) is 12.0. The predicted molar refractivity (Wildman–Crippen MR) is 64.0 cm³/mol. The summed E-state index contributed by atoms with van der Waals surface area (Å²) >= 11 is 0. The van der Waals surface area contributed by atoms with Crippen LogP contribution in [0.3, 0.4) is 0 Å². The van der Waals surface area contributed by atoms with Gasteiger partial charge in [0.1, 0.15) is 0 Å². The zero-order valence-corrected chi connectivity index (χ0v) is 10.5. The van der Waals surface area contributed by atoms with Crippen LogP contribution in [0.25, 0.3) is 0 Å². The molecule has 0 atom stereocenters. The lowest BCUT2D eigenvalue weighted by molar-refractivity contribution is -0.137. The molecule has 0 unspecified atom stereocenters. The van der Waals surface area contributed by atoms with E-state index in [-0.39, 0.29) is 6.54 Å². The molecule has 0 amide bonds. The summed E-state index contributed by atoms with van der Waals surface area (Å²) in [5.41, 5.74) is 5.11. The van der Waals surface area contributed by atoms with Crippen molar-refractivity contribution in [2.45, 2.75) is 46.1 Å². The average molecular weight is 218 g/mol. The summed E-state index contributed by atoms with van der Waals surface area (Å²) < 4.78 is 0. The van der Waals surface area contributed by atoms with Gasteiger partial charge in [-0.1, -0.05) is 33.6 Å². The van der Waals surface area contributed by atoms with Gasteiger partial charge in [-0.2, -0.15) is 0 Å². The van der Waals surface area contributed by atoms with Gasteiger partial charge in [-0.3, -0.25) is 9.69 Å². The van der Waals surface area contributed by atoms with Crippen LogP contribution >= 0.6 is 0 Å². The smallest absolute Gasteiger partial charge is 0.317 e. The number of nitrogens with zero attached hydrogens (tertiary/aromatic N) is 1. The molecule has 0 aliphatic carbocycles. The topological polar surface area (TPSA) is 66.6 Å². The van der Waals surface area contributed by atoms with Crippen LogP contribution in [0.1, 0.15) is 40.0 Å². The third kappa shape index (κ3) is 24.7. The van der Waals surface area contributed by atoms with Crippen LogP contribution in [-0.4, -0.2) is 42.2 Å². The lowest BCUT2D eigenvalue weighted by Gasteiger charge is -2.12. The average Bonchev–Trinajstić information content (AvgIpc) is 2.02. The standard InChI is InChI=1S/C8H17NO2.C3H9N/c1-3-4-5-6-9(2)7-8(10)11;1-3(2)4/h3-7H2,1-2H3,(H,10,11);3H,4H2,1-2H3. The molecule has 0 aliphatic rings. The Morgan fingerprint density at radius 1 is 1.40 bits per heavy atom. The van der Waals surface area contributed by atoms with Crippen molar-refractivity contribution >= 4 is 5.97 Å². The number of nitrogens with two attached hydrogens (primary N) is 1. The lowest BCUT2D eigenvalue weighted by Crippen LogP contribution is -2.26. The molecule has 0 radical (unpaired) electrons. The molecule has 0 saturated carbocycles. The molecule has 4 nitrogen and oxygen atoms in total. The van der Waals surface area contributed by atoms with Gasteiger partial charge in [-0.05, 0) is 26.1 Å². The number of hydrogen-bond acceptors (Lipinski definition) is 3. The highest BCUT2D eigenvalue weighted by Gasteiger charge is 2.01. The molecule has 0 aliphatic heterocycles. The Kier molecular flexibility index (Phi) is 12.8. The highest BCUT2D eigenvalue weighted by molar-refractivity contribution is 5.68. The molecular weight excluding hydrogens is 192 g/mol. The van der Waals surface area contributed by atoms with Crippen LogP contribution in [0.2, 0.25) is 0 Å². The minimum atomic E-state index is -0.746. The minimum Gasteiger partial charge on any atom is -0.480 e. The minimum absolute atomic E-state index is 0.156. The molecule has 4 heteroatoms. The molecule has 15 heavy (non-hydrogen) atoms. The second kappa shape index (κ2) is 11.5. The molecule has 3 N–H and O–H groups in total. The van der Waals surface area contributed by atoms with E-state index in [0.717, 1.165) is 13.0 Å². The van der Waals surface area contributed by atoms with Crippen LogP contribution < -0.4 is 5.73 Å². The largest absolute Gasteiger partial charge is 0.480 e. The molecule has 0 aromatic carbocycles. The van der Waals surface area contributed by atoms with Gasteiger partial charge >= 0.3 is 5.97 Å².